The molecule has 22 heavy (non-hydrogen) atoms. The summed E-state index contributed by atoms with van der Waals surface area (Å²) in [5.41, 5.74) is 1.83. The van der Waals surface area contributed by atoms with E-state index < -0.39 is 0 Å². The summed E-state index contributed by atoms with van der Waals surface area (Å²) >= 11 is 0. The number of aryl methyl sites for hydroxylation is 1. The molecule has 0 saturated carbocycles. The number of hydrogen-bond acceptors (Lipinski definition) is 4. The molecule has 0 radical (unpaired) electrons. The van der Waals surface area contributed by atoms with Gasteiger partial charge in [-0.25, -0.2) is 0 Å². The highest BCUT2D eigenvalue weighted by molar-refractivity contribution is 5.94. The van der Waals surface area contributed by atoms with Crippen molar-refractivity contribution in [2.45, 2.75) is 6.92 Å². The molecule has 114 valence electrons. The Kier molecular flexibility index (Phi) is 3.87. The Bertz CT molecular complexity index is 699. The lowest BCUT2D eigenvalue weighted by Crippen LogP contribution is -2.31. The largest absolute Gasteiger partial charge is 0.484 e. The maximum absolute atomic E-state index is 12.2. The van der Waals surface area contributed by atoms with E-state index in [4.69, 9.17) is 14.2 Å². The molecule has 1 heterocycles. The highest BCUT2D eigenvalue weighted by atomic mass is 16.7. The Labute approximate surface area is 129 Å². The van der Waals surface area contributed by atoms with Crippen LogP contribution in [0.1, 0.15) is 5.56 Å². The van der Waals surface area contributed by atoms with Crippen molar-refractivity contribution in [1.29, 1.82) is 0 Å². The molecule has 1 aliphatic heterocycles. The second kappa shape index (κ2) is 5.97. The van der Waals surface area contributed by atoms with Gasteiger partial charge < -0.3 is 19.1 Å². The number of anilines is 1. The molecule has 0 unspecified atom stereocenters. The van der Waals surface area contributed by atoms with Crippen LogP contribution < -0.4 is 19.1 Å². The third-order valence-corrected chi connectivity index (χ3v) is 3.47. The van der Waals surface area contributed by atoms with E-state index in [-0.39, 0.29) is 19.3 Å². The number of benzene rings is 2. The SMILES string of the molecule is Cc1cccc(OCC(=O)N(C)c2ccc3c(c2)OCO3)c1. The third-order valence-electron chi connectivity index (χ3n) is 3.47. The average molecular weight is 299 g/mol. The van der Waals surface area contributed by atoms with E-state index in [2.05, 4.69) is 0 Å². The van der Waals surface area contributed by atoms with Crippen molar-refractivity contribution in [1.82, 2.24) is 0 Å². The Hall–Kier alpha value is -2.69. The molecule has 0 atom stereocenters. The zero-order chi connectivity index (χ0) is 15.5. The predicted octanol–water partition coefficient (Wildman–Crippen LogP) is 2.77. The molecule has 1 aliphatic rings. The lowest BCUT2D eigenvalue weighted by molar-refractivity contribution is -0.120. The fourth-order valence-corrected chi connectivity index (χ4v) is 2.18. The van der Waals surface area contributed by atoms with Gasteiger partial charge in [-0.15, -0.1) is 0 Å². The molecule has 1 amide bonds. The van der Waals surface area contributed by atoms with Gasteiger partial charge in [-0.3, -0.25) is 4.79 Å². The first-order valence-electron chi connectivity index (χ1n) is 6.99. The van der Waals surface area contributed by atoms with E-state index >= 15 is 0 Å². The first kappa shape index (κ1) is 14.3. The van der Waals surface area contributed by atoms with E-state index in [0.29, 0.717) is 17.2 Å². The van der Waals surface area contributed by atoms with Crippen molar-refractivity contribution < 1.29 is 19.0 Å². The average Bonchev–Trinajstić information content (AvgIpc) is 2.99. The van der Waals surface area contributed by atoms with Gasteiger partial charge in [0.15, 0.2) is 18.1 Å². The summed E-state index contributed by atoms with van der Waals surface area (Å²) in [7, 11) is 1.71. The number of amides is 1. The van der Waals surface area contributed by atoms with E-state index in [1.165, 1.54) is 4.90 Å². The van der Waals surface area contributed by atoms with Crippen molar-refractivity contribution in [2.75, 3.05) is 25.3 Å². The topological polar surface area (TPSA) is 48.0 Å². The van der Waals surface area contributed by atoms with Gasteiger partial charge in [0.05, 0.1) is 0 Å². The van der Waals surface area contributed by atoms with Crippen LogP contribution in [0.15, 0.2) is 42.5 Å². The Morgan fingerprint density at radius 3 is 2.82 bits per heavy atom. The van der Waals surface area contributed by atoms with Crippen molar-refractivity contribution >= 4 is 11.6 Å². The lowest BCUT2D eigenvalue weighted by Gasteiger charge is -2.18. The van der Waals surface area contributed by atoms with Gasteiger partial charge >= 0.3 is 0 Å². The second-order valence-electron chi connectivity index (χ2n) is 5.10. The van der Waals surface area contributed by atoms with Crippen LogP contribution in [0.2, 0.25) is 0 Å². The fourth-order valence-electron chi connectivity index (χ4n) is 2.18. The molecule has 0 aromatic heterocycles. The van der Waals surface area contributed by atoms with Crippen molar-refractivity contribution in [3.05, 3.63) is 48.0 Å². The molecule has 0 aliphatic carbocycles. The Morgan fingerprint density at radius 2 is 2.00 bits per heavy atom. The van der Waals surface area contributed by atoms with Crippen LogP contribution in [0.5, 0.6) is 17.2 Å². The summed E-state index contributed by atoms with van der Waals surface area (Å²) in [6, 6.07) is 13.0. The highest BCUT2D eigenvalue weighted by Gasteiger charge is 2.17. The minimum Gasteiger partial charge on any atom is -0.484 e. The monoisotopic (exact) mass is 299 g/mol. The van der Waals surface area contributed by atoms with E-state index in [1.54, 1.807) is 19.2 Å². The maximum Gasteiger partial charge on any atom is 0.264 e. The lowest BCUT2D eigenvalue weighted by atomic mass is 10.2. The van der Waals surface area contributed by atoms with Crippen LogP contribution >= 0.6 is 0 Å². The highest BCUT2D eigenvalue weighted by Crippen LogP contribution is 2.35. The molecule has 0 spiro atoms. The number of rotatable bonds is 4. The Balaban J connectivity index is 1.64. The van der Waals surface area contributed by atoms with Gasteiger partial charge in [-0.2, -0.15) is 0 Å². The normalized spacial score (nSPS) is 12.1. The molecule has 0 bridgehead atoms. The predicted molar refractivity (Wildman–Crippen MR) is 82.6 cm³/mol. The van der Waals surface area contributed by atoms with Crippen LogP contribution in [0.4, 0.5) is 5.69 Å². The van der Waals surface area contributed by atoms with Gasteiger partial charge in [0.25, 0.3) is 5.91 Å². The smallest absolute Gasteiger partial charge is 0.264 e. The van der Waals surface area contributed by atoms with Crippen molar-refractivity contribution in [3.8, 4) is 17.2 Å². The molecule has 2 aromatic carbocycles. The van der Waals surface area contributed by atoms with Crippen molar-refractivity contribution in [3.63, 3.8) is 0 Å². The number of carbonyl (C=O) groups is 1. The summed E-state index contributed by atoms with van der Waals surface area (Å²) in [5, 5.41) is 0. The summed E-state index contributed by atoms with van der Waals surface area (Å²) in [6.45, 7) is 2.18. The first-order chi connectivity index (χ1) is 10.6. The number of nitrogens with zero attached hydrogens (tertiary/aromatic N) is 1. The molecule has 0 saturated heterocycles. The number of carbonyl (C=O) groups excluding carboxylic acids is 1. The second-order valence-corrected chi connectivity index (χ2v) is 5.10. The molecule has 5 nitrogen and oxygen atoms in total. The van der Waals surface area contributed by atoms with Gasteiger partial charge in [0.1, 0.15) is 5.75 Å². The summed E-state index contributed by atoms with van der Waals surface area (Å²) in [4.78, 5) is 13.8. The van der Waals surface area contributed by atoms with Gasteiger partial charge in [-0.1, -0.05) is 12.1 Å². The summed E-state index contributed by atoms with van der Waals surface area (Å²) in [6.07, 6.45) is 0. The standard InChI is InChI=1S/C17H17NO4/c1-12-4-3-5-14(8-12)20-10-17(19)18(2)13-6-7-15-16(9-13)22-11-21-15/h3-9H,10-11H2,1-2H3. The quantitative estimate of drug-likeness (QED) is 0.871. The molecule has 0 N–H and O–H groups in total. The van der Waals surface area contributed by atoms with Crippen LogP contribution in [0.25, 0.3) is 0 Å². The van der Waals surface area contributed by atoms with E-state index in [9.17, 15) is 4.79 Å². The molecule has 0 fully saturated rings. The number of fused-ring (bicyclic) bond motifs is 1. The van der Waals surface area contributed by atoms with Crippen LogP contribution in [-0.2, 0) is 4.79 Å². The van der Waals surface area contributed by atoms with Gasteiger partial charge in [0.2, 0.25) is 6.79 Å². The van der Waals surface area contributed by atoms with Gasteiger partial charge in [0, 0.05) is 18.8 Å². The van der Waals surface area contributed by atoms with Gasteiger partial charge in [-0.05, 0) is 36.8 Å². The molecular formula is C17H17NO4. The fraction of sp³-hybridized carbons (Fsp3) is 0.235. The summed E-state index contributed by atoms with van der Waals surface area (Å²) in [5.74, 6) is 1.89. The third kappa shape index (κ3) is 2.98. The van der Waals surface area contributed by atoms with Crippen LogP contribution in [0.3, 0.4) is 0 Å². The maximum atomic E-state index is 12.2. The van der Waals surface area contributed by atoms with E-state index in [0.717, 1.165) is 11.3 Å². The number of ether oxygens (including phenoxy) is 3. The van der Waals surface area contributed by atoms with Crippen LogP contribution in [-0.4, -0.2) is 26.4 Å². The molecule has 3 rings (SSSR count). The number of hydrogen-bond donors (Lipinski definition) is 0. The molecule has 2 aromatic rings. The molecular weight excluding hydrogens is 282 g/mol. The molecule has 5 heteroatoms. The van der Waals surface area contributed by atoms with Crippen LogP contribution in [0, 0.1) is 6.92 Å². The summed E-state index contributed by atoms with van der Waals surface area (Å²) < 4.78 is 16.1. The zero-order valence-corrected chi connectivity index (χ0v) is 12.5. The first-order valence-corrected chi connectivity index (χ1v) is 6.99. The van der Waals surface area contributed by atoms with Crippen molar-refractivity contribution in [2.24, 2.45) is 0 Å². The minimum absolute atomic E-state index is 0.0194. The Morgan fingerprint density at radius 1 is 1.18 bits per heavy atom. The zero-order valence-electron chi connectivity index (χ0n) is 12.5. The minimum atomic E-state index is -0.139. The number of likely N-dealkylation sites (N-methyl/N-ethyl adjacent to an activating group) is 1. The van der Waals surface area contributed by atoms with E-state index in [1.807, 2.05) is 37.3 Å².